The Hall–Kier alpha value is -0.830. The smallest absolute Gasteiger partial charge is 0.316 e. The Morgan fingerprint density at radius 3 is 1.64 bits per heavy atom. The van der Waals surface area contributed by atoms with Gasteiger partial charge in [0.2, 0.25) is 0 Å². The van der Waals surface area contributed by atoms with E-state index in [4.69, 9.17) is 23.7 Å². The number of carbonyl (C=O) groups excluding carboxylic acids is 2. The van der Waals surface area contributed by atoms with Crippen LogP contribution in [0.1, 0.15) is 13.8 Å². The van der Waals surface area contributed by atoms with Gasteiger partial charge in [-0.25, -0.2) is 0 Å². The van der Waals surface area contributed by atoms with E-state index in [0.717, 1.165) is 0 Å². The molecule has 7 nitrogen and oxygen atoms in total. The fourth-order valence-electron chi connectivity index (χ4n) is 1.64. The zero-order valence-corrected chi connectivity index (χ0v) is 13.9. The minimum Gasteiger partial charge on any atom is -0.460 e. The Bertz CT molecular complexity index is 307. The summed E-state index contributed by atoms with van der Waals surface area (Å²) < 4.78 is 26.3. The van der Waals surface area contributed by atoms with Gasteiger partial charge in [-0.1, -0.05) is 0 Å². The van der Waals surface area contributed by atoms with Gasteiger partial charge in [0.15, 0.2) is 0 Å². The summed E-state index contributed by atoms with van der Waals surface area (Å²) in [6.45, 7) is 5.91. The number of ether oxygens (including phenoxy) is 5. The topological polar surface area (TPSA) is 80.3 Å². The molecule has 0 amide bonds. The molecule has 8 heteroatoms. The van der Waals surface area contributed by atoms with Gasteiger partial charge in [0, 0.05) is 0 Å². The van der Waals surface area contributed by atoms with Crippen LogP contribution in [-0.4, -0.2) is 75.3 Å². The van der Waals surface area contributed by atoms with Crippen LogP contribution in [0.3, 0.4) is 0 Å². The zero-order valence-electron chi connectivity index (χ0n) is 13.1. The molecule has 0 radical (unpaired) electrons. The molecule has 0 spiro atoms. The zero-order chi connectivity index (χ0) is 16.2. The molecular formula is C14H24O7S. The number of cyclic esters (lactones) is 2. The first-order valence-electron chi connectivity index (χ1n) is 7.28. The fourth-order valence-corrected chi connectivity index (χ4v) is 2.21. The number of hydrogen-bond acceptors (Lipinski definition) is 8. The molecule has 0 aromatic rings. The van der Waals surface area contributed by atoms with Gasteiger partial charge < -0.3 is 23.7 Å². The summed E-state index contributed by atoms with van der Waals surface area (Å²) in [5, 5.41) is 0. The summed E-state index contributed by atoms with van der Waals surface area (Å²) in [4.78, 5) is 23.1. The second-order valence-electron chi connectivity index (χ2n) is 4.86. The minimum atomic E-state index is -0.373. The first-order valence-corrected chi connectivity index (χ1v) is 8.43. The lowest BCUT2D eigenvalue weighted by atomic mass is 10.4. The van der Waals surface area contributed by atoms with Crippen molar-refractivity contribution in [3.05, 3.63) is 0 Å². The van der Waals surface area contributed by atoms with Gasteiger partial charge in [0.05, 0.1) is 51.1 Å². The molecule has 128 valence electrons. The normalized spacial score (nSPS) is 28.1. The first kappa shape index (κ1) is 19.2. The largest absolute Gasteiger partial charge is 0.460 e. The standard InChI is InChI=1S/C14H24O7S/c1-11-7-18-5-3-17-4-6-19-8-12(2)21-14(16)10-22-9-13(15)20-11/h11-12H,3-10H2,1-2H3. The fraction of sp³-hybridized carbons (Fsp3) is 0.857. The van der Waals surface area contributed by atoms with Gasteiger partial charge in [0.25, 0.3) is 0 Å². The van der Waals surface area contributed by atoms with Crippen molar-refractivity contribution in [1.29, 1.82) is 0 Å². The molecule has 0 aromatic heterocycles. The Labute approximate surface area is 134 Å². The van der Waals surface area contributed by atoms with Crippen LogP contribution in [0.5, 0.6) is 0 Å². The van der Waals surface area contributed by atoms with E-state index in [2.05, 4.69) is 0 Å². The first-order chi connectivity index (χ1) is 10.6. The predicted molar refractivity (Wildman–Crippen MR) is 80.9 cm³/mol. The van der Waals surface area contributed by atoms with E-state index in [0.29, 0.717) is 39.6 Å². The summed E-state index contributed by atoms with van der Waals surface area (Å²) in [5.41, 5.74) is 0. The average molecular weight is 336 g/mol. The number of carbonyl (C=O) groups is 2. The predicted octanol–water partition coefficient (Wildman–Crippen LogP) is 0.646. The van der Waals surface area contributed by atoms with Crippen molar-refractivity contribution in [1.82, 2.24) is 0 Å². The van der Waals surface area contributed by atoms with Crippen molar-refractivity contribution in [2.75, 3.05) is 51.1 Å². The number of thioether (sulfide) groups is 1. The molecule has 0 bridgehead atoms. The summed E-state index contributed by atoms with van der Waals surface area (Å²) in [6.07, 6.45) is -0.662. The quantitative estimate of drug-likeness (QED) is 0.597. The van der Waals surface area contributed by atoms with Crippen LogP contribution in [0.25, 0.3) is 0 Å². The summed E-state index contributed by atoms with van der Waals surface area (Å²) >= 11 is 1.17. The molecule has 0 aliphatic carbocycles. The third-order valence-corrected chi connectivity index (χ3v) is 3.43. The highest BCUT2D eigenvalue weighted by Crippen LogP contribution is 2.05. The lowest BCUT2D eigenvalue weighted by Crippen LogP contribution is -2.25. The molecule has 2 atom stereocenters. The summed E-state index contributed by atoms with van der Waals surface area (Å²) in [7, 11) is 0. The van der Waals surface area contributed by atoms with Crippen LogP contribution in [0, 0.1) is 0 Å². The molecular weight excluding hydrogens is 312 g/mol. The van der Waals surface area contributed by atoms with E-state index in [9.17, 15) is 9.59 Å². The molecule has 0 saturated carbocycles. The van der Waals surface area contributed by atoms with Crippen LogP contribution in [0.4, 0.5) is 0 Å². The Kier molecular flexibility index (Phi) is 10.2. The molecule has 22 heavy (non-hydrogen) atoms. The van der Waals surface area contributed by atoms with Gasteiger partial charge in [-0.2, -0.15) is 0 Å². The van der Waals surface area contributed by atoms with E-state index >= 15 is 0 Å². The van der Waals surface area contributed by atoms with E-state index in [1.54, 1.807) is 13.8 Å². The maximum Gasteiger partial charge on any atom is 0.316 e. The van der Waals surface area contributed by atoms with Gasteiger partial charge in [-0.15, -0.1) is 11.8 Å². The van der Waals surface area contributed by atoms with E-state index in [-0.39, 0.29) is 35.7 Å². The lowest BCUT2D eigenvalue weighted by molar-refractivity contribution is -0.148. The van der Waals surface area contributed by atoms with Crippen LogP contribution in [0.15, 0.2) is 0 Å². The molecule has 1 heterocycles. The molecule has 1 rings (SSSR count). The Morgan fingerprint density at radius 2 is 1.18 bits per heavy atom. The SMILES string of the molecule is CC1COCCOCCOCC(C)OC(=O)CSCC(=O)O1. The molecule has 0 aromatic carbocycles. The molecule has 0 N–H and O–H groups in total. The maximum atomic E-state index is 11.6. The van der Waals surface area contributed by atoms with Crippen molar-refractivity contribution in [2.45, 2.75) is 26.1 Å². The number of hydrogen-bond donors (Lipinski definition) is 0. The summed E-state index contributed by atoms with van der Waals surface area (Å²) in [5.74, 6) is -0.536. The van der Waals surface area contributed by atoms with E-state index < -0.39 is 0 Å². The van der Waals surface area contributed by atoms with Crippen molar-refractivity contribution in [2.24, 2.45) is 0 Å². The number of rotatable bonds is 0. The average Bonchev–Trinajstić information content (AvgIpc) is 2.44. The number of esters is 2. The van der Waals surface area contributed by atoms with Crippen LogP contribution in [0.2, 0.25) is 0 Å². The van der Waals surface area contributed by atoms with Crippen molar-refractivity contribution in [3.63, 3.8) is 0 Å². The highest BCUT2D eigenvalue weighted by Gasteiger charge is 2.14. The van der Waals surface area contributed by atoms with Crippen LogP contribution < -0.4 is 0 Å². The second-order valence-corrected chi connectivity index (χ2v) is 5.84. The van der Waals surface area contributed by atoms with Gasteiger partial charge in [-0.3, -0.25) is 9.59 Å². The highest BCUT2D eigenvalue weighted by atomic mass is 32.2. The maximum absolute atomic E-state index is 11.6. The van der Waals surface area contributed by atoms with Gasteiger partial charge >= 0.3 is 11.9 Å². The molecule has 1 aliphatic heterocycles. The molecule has 1 saturated heterocycles. The molecule has 2 unspecified atom stereocenters. The van der Waals surface area contributed by atoms with Crippen LogP contribution in [-0.2, 0) is 33.3 Å². The lowest BCUT2D eigenvalue weighted by Gasteiger charge is -2.15. The van der Waals surface area contributed by atoms with Crippen molar-refractivity contribution >= 4 is 23.7 Å². The van der Waals surface area contributed by atoms with Gasteiger partial charge in [-0.05, 0) is 13.8 Å². The Balaban J connectivity index is 2.36. The van der Waals surface area contributed by atoms with E-state index in [1.165, 1.54) is 11.8 Å². The third kappa shape index (κ3) is 9.99. The second kappa shape index (κ2) is 11.7. The van der Waals surface area contributed by atoms with Gasteiger partial charge in [0.1, 0.15) is 12.2 Å². The third-order valence-electron chi connectivity index (χ3n) is 2.55. The highest BCUT2D eigenvalue weighted by molar-refractivity contribution is 8.00. The Morgan fingerprint density at radius 1 is 0.773 bits per heavy atom. The molecule has 1 fully saturated rings. The molecule has 1 aliphatic rings. The summed E-state index contributed by atoms with van der Waals surface area (Å²) in [6, 6.07) is 0. The van der Waals surface area contributed by atoms with E-state index in [1.807, 2.05) is 0 Å². The van der Waals surface area contributed by atoms with Crippen molar-refractivity contribution < 1.29 is 33.3 Å². The monoisotopic (exact) mass is 336 g/mol. The van der Waals surface area contributed by atoms with Crippen LogP contribution >= 0.6 is 11.8 Å². The van der Waals surface area contributed by atoms with Crippen molar-refractivity contribution in [3.8, 4) is 0 Å². The minimum absolute atomic E-state index is 0.105.